The van der Waals surface area contributed by atoms with E-state index in [1.165, 1.54) is 4.90 Å². The van der Waals surface area contributed by atoms with Crippen LogP contribution < -0.4 is 5.73 Å². The first kappa shape index (κ1) is 9.02. The fraction of sp³-hybridized carbons (Fsp3) is 0.200. The van der Waals surface area contributed by atoms with E-state index in [1.54, 1.807) is 11.8 Å². The fourth-order valence-electron chi connectivity index (χ4n) is 0.792. The van der Waals surface area contributed by atoms with Crippen LogP contribution in [0.5, 0.6) is 0 Å². The maximum absolute atomic E-state index is 5.54. The van der Waals surface area contributed by atoms with E-state index in [0.717, 1.165) is 17.9 Å². The smallest absolute Gasteiger partial charge is 0.0314 e. The predicted octanol–water partition coefficient (Wildman–Crippen LogP) is 2.38. The average molecular weight is 177 g/mol. The quantitative estimate of drug-likeness (QED) is 0.332. The van der Waals surface area contributed by atoms with E-state index < -0.39 is 0 Å². The normalized spacial score (nSPS) is 9.25. The number of terminal acetylenes is 1. The Hall–Kier alpha value is -1.07. The van der Waals surface area contributed by atoms with Gasteiger partial charge in [-0.1, -0.05) is 0 Å². The lowest BCUT2D eigenvalue weighted by molar-refractivity contribution is 1.29. The molecule has 0 fully saturated rings. The molecule has 62 valence electrons. The Bertz CT molecular complexity index is 271. The third-order valence-corrected chi connectivity index (χ3v) is 2.41. The van der Waals surface area contributed by atoms with E-state index in [-0.39, 0.29) is 0 Å². The van der Waals surface area contributed by atoms with Crippen LogP contribution in [0.2, 0.25) is 0 Å². The molecule has 2 heteroatoms. The summed E-state index contributed by atoms with van der Waals surface area (Å²) >= 11 is 1.76. The summed E-state index contributed by atoms with van der Waals surface area (Å²) in [5.74, 6) is 3.58. The third-order valence-electron chi connectivity index (χ3n) is 1.40. The number of nitrogens with two attached hydrogens (primary N) is 1. The van der Waals surface area contributed by atoms with Gasteiger partial charge in [-0.15, -0.1) is 24.1 Å². The maximum atomic E-state index is 5.54. The number of benzene rings is 1. The van der Waals surface area contributed by atoms with Crippen LogP contribution >= 0.6 is 11.8 Å². The molecule has 0 spiro atoms. The lowest BCUT2D eigenvalue weighted by Gasteiger charge is -1.98. The van der Waals surface area contributed by atoms with Gasteiger partial charge in [0.05, 0.1) is 0 Å². The Morgan fingerprint density at radius 2 is 2.00 bits per heavy atom. The summed E-state index contributed by atoms with van der Waals surface area (Å²) in [6, 6.07) is 7.82. The summed E-state index contributed by atoms with van der Waals surface area (Å²) in [5, 5.41) is 0. The zero-order valence-corrected chi connectivity index (χ0v) is 7.60. The molecule has 0 heterocycles. The second-order valence-electron chi connectivity index (χ2n) is 2.37. The molecule has 0 unspecified atom stereocenters. The standard InChI is InChI=1S/C10H11NS/c1-2-3-8-12-10-6-4-9(11)5-7-10/h1,4-7H,3,8,11H2. The highest BCUT2D eigenvalue weighted by Gasteiger charge is 1.91. The number of anilines is 1. The van der Waals surface area contributed by atoms with Gasteiger partial charge in [0.2, 0.25) is 0 Å². The molecular weight excluding hydrogens is 166 g/mol. The Kier molecular flexibility index (Phi) is 3.56. The predicted molar refractivity (Wildman–Crippen MR) is 55.0 cm³/mol. The van der Waals surface area contributed by atoms with Gasteiger partial charge in [0.15, 0.2) is 0 Å². The molecule has 0 atom stereocenters. The van der Waals surface area contributed by atoms with Gasteiger partial charge in [-0.2, -0.15) is 0 Å². The topological polar surface area (TPSA) is 26.0 Å². The van der Waals surface area contributed by atoms with Gasteiger partial charge < -0.3 is 5.73 Å². The minimum absolute atomic E-state index is 0.802. The Morgan fingerprint density at radius 1 is 1.33 bits per heavy atom. The minimum Gasteiger partial charge on any atom is -0.399 e. The van der Waals surface area contributed by atoms with Crippen LogP contribution in [0.1, 0.15) is 6.42 Å². The summed E-state index contributed by atoms with van der Waals surface area (Å²) in [7, 11) is 0. The molecule has 0 radical (unpaired) electrons. The summed E-state index contributed by atoms with van der Waals surface area (Å²) in [6.07, 6.45) is 5.95. The Morgan fingerprint density at radius 3 is 2.58 bits per heavy atom. The molecule has 1 aromatic carbocycles. The summed E-state index contributed by atoms with van der Waals surface area (Å²) in [4.78, 5) is 1.22. The molecular formula is C10H11NS. The maximum Gasteiger partial charge on any atom is 0.0314 e. The van der Waals surface area contributed by atoms with Gasteiger partial charge >= 0.3 is 0 Å². The first-order chi connectivity index (χ1) is 5.83. The molecule has 0 aliphatic carbocycles. The molecule has 0 aliphatic rings. The van der Waals surface area contributed by atoms with Crippen molar-refractivity contribution in [1.82, 2.24) is 0 Å². The van der Waals surface area contributed by atoms with E-state index in [2.05, 4.69) is 5.92 Å². The fourth-order valence-corrected chi connectivity index (χ4v) is 1.58. The summed E-state index contributed by atoms with van der Waals surface area (Å²) < 4.78 is 0. The van der Waals surface area contributed by atoms with E-state index in [1.807, 2.05) is 24.3 Å². The van der Waals surface area contributed by atoms with Gasteiger partial charge in [-0.25, -0.2) is 0 Å². The molecule has 12 heavy (non-hydrogen) atoms. The van der Waals surface area contributed by atoms with E-state index in [4.69, 9.17) is 12.2 Å². The van der Waals surface area contributed by atoms with Crippen LogP contribution in [0.15, 0.2) is 29.2 Å². The zero-order chi connectivity index (χ0) is 8.81. The molecule has 0 aromatic heterocycles. The van der Waals surface area contributed by atoms with E-state index >= 15 is 0 Å². The first-order valence-corrected chi connectivity index (χ1v) is 4.73. The van der Waals surface area contributed by atoms with Crippen LogP contribution in [0.4, 0.5) is 5.69 Å². The van der Waals surface area contributed by atoms with Crippen molar-refractivity contribution in [2.45, 2.75) is 11.3 Å². The highest BCUT2D eigenvalue weighted by atomic mass is 32.2. The molecule has 1 rings (SSSR count). The molecule has 1 aromatic rings. The van der Waals surface area contributed by atoms with Gasteiger partial charge in [-0.05, 0) is 24.3 Å². The van der Waals surface area contributed by atoms with Crippen molar-refractivity contribution >= 4 is 17.4 Å². The third kappa shape index (κ3) is 2.89. The van der Waals surface area contributed by atoms with Crippen molar-refractivity contribution in [1.29, 1.82) is 0 Å². The van der Waals surface area contributed by atoms with Crippen molar-refractivity contribution in [2.75, 3.05) is 11.5 Å². The monoisotopic (exact) mass is 177 g/mol. The Labute approximate surface area is 77.4 Å². The largest absolute Gasteiger partial charge is 0.399 e. The highest BCUT2D eigenvalue weighted by molar-refractivity contribution is 7.99. The molecule has 2 N–H and O–H groups in total. The van der Waals surface area contributed by atoms with Crippen LogP contribution in [0.3, 0.4) is 0 Å². The average Bonchev–Trinajstić information content (AvgIpc) is 2.09. The lowest BCUT2D eigenvalue weighted by Crippen LogP contribution is -1.83. The number of rotatable bonds is 3. The van der Waals surface area contributed by atoms with Crippen molar-refractivity contribution < 1.29 is 0 Å². The first-order valence-electron chi connectivity index (χ1n) is 3.75. The van der Waals surface area contributed by atoms with Crippen LogP contribution in [0.25, 0.3) is 0 Å². The van der Waals surface area contributed by atoms with Gasteiger partial charge in [-0.3, -0.25) is 0 Å². The summed E-state index contributed by atoms with van der Waals surface area (Å²) in [6.45, 7) is 0. The minimum atomic E-state index is 0.802. The summed E-state index contributed by atoms with van der Waals surface area (Å²) in [5.41, 5.74) is 6.34. The SMILES string of the molecule is C#CCCSc1ccc(N)cc1. The van der Waals surface area contributed by atoms with Gasteiger partial charge in [0.25, 0.3) is 0 Å². The number of thioether (sulfide) groups is 1. The van der Waals surface area contributed by atoms with Gasteiger partial charge in [0.1, 0.15) is 0 Å². The second kappa shape index (κ2) is 4.74. The molecule has 0 saturated heterocycles. The van der Waals surface area contributed by atoms with Crippen molar-refractivity contribution in [3.05, 3.63) is 24.3 Å². The number of nitrogen functional groups attached to an aromatic ring is 1. The molecule has 0 aliphatic heterocycles. The number of hydrogen-bond donors (Lipinski definition) is 1. The van der Waals surface area contributed by atoms with Crippen molar-refractivity contribution in [2.24, 2.45) is 0 Å². The van der Waals surface area contributed by atoms with Gasteiger partial charge in [0, 0.05) is 22.8 Å². The molecule has 0 bridgehead atoms. The highest BCUT2D eigenvalue weighted by Crippen LogP contribution is 2.19. The second-order valence-corrected chi connectivity index (χ2v) is 3.54. The van der Waals surface area contributed by atoms with E-state index in [9.17, 15) is 0 Å². The van der Waals surface area contributed by atoms with Crippen LogP contribution in [0, 0.1) is 12.3 Å². The molecule has 0 amide bonds. The van der Waals surface area contributed by atoms with Crippen molar-refractivity contribution in [3.8, 4) is 12.3 Å². The van der Waals surface area contributed by atoms with Crippen LogP contribution in [-0.2, 0) is 0 Å². The lowest BCUT2D eigenvalue weighted by atomic mass is 10.3. The molecule has 0 saturated carbocycles. The van der Waals surface area contributed by atoms with Crippen molar-refractivity contribution in [3.63, 3.8) is 0 Å². The Balaban J connectivity index is 2.43. The molecule has 1 nitrogen and oxygen atoms in total. The zero-order valence-electron chi connectivity index (χ0n) is 6.79. The van der Waals surface area contributed by atoms with E-state index in [0.29, 0.717) is 0 Å². The van der Waals surface area contributed by atoms with Crippen LogP contribution in [-0.4, -0.2) is 5.75 Å². The number of hydrogen-bond acceptors (Lipinski definition) is 2.